The zero-order chi connectivity index (χ0) is 21.9. The van der Waals surface area contributed by atoms with Crippen LogP contribution in [-0.4, -0.2) is 48.9 Å². The largest absolute Gasteiger partial charge is 0.481 e. The van der Waals surface area contributed by atoms with E-state index in [0.29, 0.717) is 31.1 Å². The summed E-state index contributed by atoms with van der Waals surface area (Å²) < 4.78 is 8.91. The first kappa shape index (κ1) is 19.7. The number of methoxy groups -OCH3 is 1. The van der Waals surface area contributed by atoms with Crippen molar-refractivity contribution in [3.8, 4) is 5.88 Å². The predicted molar refractivity (Wildman–Crippen MR) is 119 cm³/mol. The van der Waals surface area contributed by atoms with Gasteiger partial charge in [0.2, 0.25) is 5.88 Å². The topological polar surface area (TPSA) is 99.2 Å². The van der Waals surface area contributed by atoms with Crippen molar-refractivity contribution in [3.63, 3.8) is 0 Å². The van der Waals surface area contributed by atoms with Crippen LogP contribution in [-0.2, 0) is 13.0 Å². The maximum Gasteiger partial charge on any atom is 0.272 e. The van der Waals surface area contributed by atoms with Crippen LogP contribution >= 0.6 is 0 Å². The molecule has 4 heterocycles. The van der Waals surface area contributed by atoms with Crippen molar-refractivity contribution in [2.45, 2.75) is 13.0 Å². The van der Waals surface area contributed by atoms with Gasteiger partial charge in [0.05, 0.1) is 24.9 Å². The second-order valence-electron chi connectivity index (χ2n) is 7.25. The smallest absolute Gasteiger partial charge is 0.272 e. The van der Waals surface area contributed by atoms with Crippen LogP contribution < -0.4 is 10.1 Å². The number of ether oxygens (including phenoxy) is 1. The number of pyridine rings is 2. The highest BCUT2D eigenvalue weighted by atomic mass is 16.5. The van der Waals surface area contributed by atoms with Gasteiger partial charge in [-0.3, -0.25) is 13.9 Å². The molecule has 1 amide bonds. The minimum atomic E-state index is -0.229. The molecule has 0 radical (unpaired) electrons. The number of fused-ring (bicyclic) bond motifs is 2. The molecule has 0 aliphatic rings. The van der Waals surface area contributed by atoms with Gasteiger partial charge in [-0.2, -0.15) is 5.10 Å². The van der Waals surface area contributed by atoms with Crippen molar-refractivity contribution in [2.24, 2.45) is 0 Å². The van der Waals surface area contributed by atoms with Crippen molar-refractivity contribution in [1.82, 2.24) is 34.7 Å². The van der Waals surface area contributed by atoms with Gasteiger partial charge >= 0.3 is 0 Å². The fourth-order valence-electron chi connectivity index (χ4n) is 3.66. The number of hydrogen-bond acceptors (Lipinski definition) is 6. The summed E-state index contributed by atoms with van der Waals surface area (Å²) in [6.45, 7) is 0.851. The van der Waals surface area contributed by atoms with Crippen LogP contribution in [0.25, 0.3) is 16.6 Å². The second-order valence-corrected chi connectivity index (χ2v) is 7.25. The summed E-state index contributed by atoms with van der Waals surface area (Å²) in [5.74, 6) is 1.10. The van der Waals surface area contributed by atoms with Gasteiger partial charge in [-0.25, -0.2) is 4.98 Å². The van der Waals surface area contributed by atoms with Gasteiger partial charge in [-0.05, 0) is 24.3 Å². The van der Waals surface area contributed by atoms with Gasteiger partial charge in [0.15, 0.2) is 11.3 Å². The first-order valence-corrected chi connectivity index (χ1v) is 10.3. The number of carbonyl (C=O) groups is 1. The Morgan fingerprint density at radius 1 is 1.03 bits per heavy atom. The normalized spacial score (nSPS) is 11.2. The first-order valence-electron chi connectivity index (χ1n) is 10.3. The fourth-order valence-corrected chi connectivity index (χ4v) is 3.66. The van der Waals surface area contributed by atoms with E-state index in [1.807, 2.05) is 65.2 Å². The molecule has 4 aromatic heterocycles. The van der Waals surface area contributed by atoms with Crippen molar-refractivity contribution in [2.75, 3.05) is 13.7 Å². The Hall–Kier alpha value is -4.27. The molecule has 0 spiro atoms. The number of para-hydroxylation sites is 1. The van der Waals surface area contributed by atoms with E-state index < -0.39 is 0 Å². The van der Waals surface area contributed by atoms with Gasteiger partial charge in [-0.15, -0.1) is 10.2 Å². The average Bonchev–Trinajstić information content (AvgIpc) is 3.41. The molecule has 0 fully saturated rings. The lowest BCUT2D eigenvalue weighted by Gasteiger charge is -2.05. The molecule has 5 aromatic rings. The summed E-state index contributed by atoms with van der Waals surface area (Å²) in [4.78, 5) is 17.4. The minimum absolute atomic E-state index is 0.229. The predicted octanol–water partition coefficient (Wildman–Crippen LogP) is 2.50. The van der Waals surface area contributed by atoms with E-state index in [2.05, 4.69) is 25.6 Å². The van der Waals surface area contributed by atoms with Crippen LogP contribution in [0, 0.1) is 0 Å². The Morgan fingerprint density at radius 2 is 1.91 bits per heavy atom. The van der Waals surface area contributed by atoms with E-state index in [-0.39, 0.29) is 5.91 Å². The Bertz CT molecular complexity index is 1410. The summed E-state index contributed by atoms with van der Waals surface area (Å²) in [6, 6.07) is 19.0. The van der Waals surface area contributed by atoms with Gasteiger partial charge in [0.25, 0.3) is 5.91 Å². The second kappa shape index (κ2) is 8.46. The molecule has 5 rings (SSSR count). The quantitative estimate of drug-likeness (QED) is 0.428. The molecule has 1 aromatic carbocycles. The lowest BCUT2D eigenvalue weighted by atomic mass is 10.2. The summed E-state index contributed by atoms with van der Waals surface area (Å²) in [5, 5.41) is 16.7. The number of carbonyl (C=O) groups excluding carboxylic acids is 1. The monoisotopic (exact) mass is 427 g/mol. The molecular formula is C23H21N7O2. The van der Waals surface area contributed by atoms with Crippen molar-refractivity contribution < 1.29 is 9.53 Å². The van der Waals surface area contributed by atoms with Crippen molar-refractivity contribution in [1.29, 1.82) is 0 Å². The lowest BCUT2D eigenvalue weighted by molar-refractivity contribution is 0.0949. The maximum absolute atomic E-state index is 13.0. The van der Waals surface area contributed by atoms with Gasteiger partial charge in [0.1, 0.15) is 5.82 Å². The van der Waals surface area contributed by atoms with E-state index in [1.54, 1.807) is 17.9 Å². The third-order valence-corrected chi connectivity index (χ3v) is 5.19. The molecule has 0 atom stereocenters. The Kier molecular flexibility index (Phi) is 5.20. The highest BCUT2D eigenvalue weighted by Crippen LogP contribution is 2.20. The highest BCUT2D eigenvalue weighted by Gasteiger charge is 2.17. The Morgan fingerprint density at radius 3 is 2.81 bits per heavy atom. The number of aromatic nitrogens is 6. The van der Waals surface area contributed by atoms with Crippen molar-refractivity contribution >= 4 is 22.5 Å². The van der Waals surface area contributed by atoms with Crippen LogP contribution in [0.1, 0.15) is 22.0 Å². The summed E-state index contributed by atoms with van der Waals surface area (Å²) in [7, 11) is 1.58. The summed E-state index contributed by atoms with van der Waals surface area (Å²) in [5.41, 5.74) is 2.83. The number of benzene rings is 1. The molecule has 1 N–H and O–H groups in total. The van der Waals surface area contributed by atoms with Gasteiger partial charge in [-0.1, -0.05) is 30.3 Å². The van der Waals surface area contributed by atoms with E-state index >= 15 is 0 Å². The van der Waals surface area contributed by atoms with E-state index in [4.69, 9.17) is 4.74 Å². The number of nitrogens with one attached hydrogen (secondary N) is 1. The van der Waals surface area contributed by atoms with Crippen LogP contribution in [0.2, 0.25) is 0 Å². The van der Waals surface area contributed by atoms with Gasteiger partial charge < -0.3 is 10.1 Å². The molecule has 0 unspecified atom stereocenters. The van der Waals surface area contributed by atoms with E-state index in [0.717, 1.165) is 28.1 Å². The molecule has 0 aliphatic carbocycles. The SMILES string of the molecule is COc1cccc(Cn2nc(C(=O)NCCc3nnc4ccccn34)c3ccccc32)n1. The number of hydrogen-bond donors (Lipinski definition) is 1. The Labute approximate surface area is 183 Å². The molecule has 32 heavy (non-hydrogen) atoms. The van der Waals surface area contributed by atoms with Crippen molar-refractivity contribution in [3.05, 3.63) is 84.1 Å². The molecule has 9 nitrogen and oxygen atoms in total. The highest BCUT2D eigenvalue weighted by molar-refractivity contribution is 6.04. The zero-order valence-electron chi connectivity index (χ0n) is 17.5. The van der Waals surface area contributed by atoms with Crippen LogP contribution in [0.4, 0.5) is 0 Å². The third-order valence-electron chi connectivity index (χ3n) is 5.19. The molecule has 0 saturated heterocycles. The van der Waals surface area contributed by atoms with Gasteiger partial charge in [0, 0.05) is 30.6 Å². The molecule has 0 aliphatic heterocycles. The number of rotatable bonds is 7. The summed E-state index contributed by atoms with van der Waals surface area (Å²) >= 11 is 0. The van der Waals surface area contributed by atoms with E-state index in [9.17, 15) is 4.79 Å². The number of nitrogens with zero attached hydrogens (tertiary/aromatic N) is 6. The average molecular weight is 427 g/mol. The van der Waals surface area contributed by atoms with Crippen LogP contribution in [0.3, 0.4) is 0 Å². The van der Waals surface area contributed by atoms with E-state index in [1.165, 1.54) is 0 Å². The lowest BCUT2D eigenvalue weighted by Crippen LogP contribution is -2.27. The molecule has 0 bridgehead atoms. The Balaban J connectivity index is 1.34. The zero-order valence-corrected chi connectivity index (χ0v) is 17.5. The standard InChI is InChI=1S/C23H21N7O2/c1-32-21-11-6-7-16(25-21)15-30-18-9-3-2-8-17(18)22(28-30)23(31)24-13-12-20-27-26-19-10-4-5-14-29(19)20/h2-11,14H,12-13,15H2,1H3,(H,24,31). The molecule has 9 heteroatoms. The number of amides is 1. The van der Waals surface area contributed by atoms with Crippen LogP contribution in [0.5, 0.6) is 5.88 Å². The first-order chi connectivity index (χ1) is 15.7. The maximum atomic E-state index is 13.0. The summed E-state index contributed by atoms with van der Waals surface area (Å²) in [6.07, 6.45) is 2.47. The molecule has 0 saturated carbocycles. The minimum Gasteiger partial charge on any atom is -0.481 e. The molecular weight excluding hydrogens is 406 g/mol. The fraction of sp³-hybridized carbons (Fsp3) is 0.174. The molecule has 160 valence electrons. The van der Waals surface area contributed by atoms with Crippen LogP contribution in [0.15, 0.2) is 66.9 Å². The third kappa shape index (κ3) is 3.76.